The van der Waals surface area contributed by atoms with Crippen LogP contribution in [0, 0.1) is 0 Å². The molecular weight excluding hydrogens is 516 g/mol. The third kappa shape index (κ3) is 5.03. The van der Waals surface area contributed by atoms with Gasteiger partial charge in [0.1, 0.15) is 16.7 Å². The minimum atomic E-state index is -0.954. The number of hydrogen-bond acceptors (Lipinski definition) is 6. The first-order valence-corrected chi connectivity index (χ1v) is 12.9. The Morgan fingerprint density at radius 3 is 2.62 bits per heavy atom. The van der Waals surface area contributed by atoms with Gasteiger partial charge in [-0.05, 0) is 60.7 Å². The Kier molecular flexibility index (Phi) is 7.21. The fraction of sp³-hybridized carbons (Fsp3) is 0.200. The number of aliphatic carboxylic acids is 1. The van der Waals surface area contributed by atoms with Crippen LogP contribution >= 0.6 is 11.6 Å². The zero-order chi connectivity index (χ0) is 27.7. The number of carboxylic acid groups (broad SMARTS) is 1. The molecule has 1 N–H and O–H groups in total. The van der Waals surface area contributed by atoms with Gasteiger partial charge < -0.3 is 19.6 Å². The van der Waals surface area contributed by atoms with Gasteiger partial charge in [-0.3, -0.25) is 4.79 Å². The molecule has 1 aliphatic rings. The van der Waals surface area contributed by atoms with Gasteiger partial charge in [0.2, 0.25) is 0 Å². The Morgan fingerprint density at radius 2 is 1.87 bits per heavy atom. The van der Waals surface area contributed by atoms with E-state index in [-0.39, 0.29) is 11.5 Å². The van der Waals surface area contributed by atoms with Crippen molar-refractivity contribution in [3.8, 4) is 5.75 Å². The van der Waals surface area contributed by atoms with Crippen molar-refractivity contribution in [1.82, 2.24) is 9.97 Å². The van der Waals surface area contributed by atoms with Gasteiger partial charge in [-0.25, -0.2) is 14.8 Å². The second-order valence-corrected chi connectivity index (χ2v) is 9.62. The van der Waals surface area contributed by atoms with Gasteiger partial charge in [0.05, 0.1) is 17.9 Å². The molecule has 0 atom stereocenters. The number of amides is 1. The minimum Gasteiger partial charge on any atom is -0.493 e. The van der Waals surface area contributed by atoms with Crippen LogP contribution in [0.1, 0.15) is 35.3 Å². The van der Waals surface area contributed by atoms with Gasteiger partial charge in [0, 0.05) is 37.2 Å². The molecule has 0 saturated heterocycles. The average molecular weight is 543 g/mol. The molecule has 0 fully saturated rings. The standard InChI is InChI=1S/C30H27ClN4O4/c1-4-35-27-23(29(36)34(3)24-10-12-26(31)33-28(24)35)16-19(17-32-27)13-14-39-25-11-9-20(15-18(2)30(37)38)21-7-5-6-8-22(21)25/h5-12,15-17H,4,13-14H2,1-3H3,(H,37,38)/b18-15+. The van der Waals surface area contributed by atoms with E-state index >= 15 is 0 Å². The Bertz CT molecular complexity index is 1640. The van der Waals surface area contributed by atoms with Crippen LogP contribution in [-0.2, 0) is 11.2 Å². The van der Waals surface area contributed by atoms with Crippen molar-refractivity contribution in [2.75, 3.05) is 30.0 Å². The second-order valence-electron chi connectivity index (χ2n) is 9.23. The van der Waals surface area contributed by atoms with Crippen molar-refractivity contribution in [1.29, 1.82) is 0 Å². The molecule has 5 rings (SSSR count). The topological polar surface area (TPSA) is 95.9 Å². The van der Waals surface area contributed by atoms with Crippen LogP contribution in [0.5, 0.6) is 5.75 Å². The van der Waals surface area contributed by atoms with Gasteiger partial charge in [-0.15, -0.1) is 0 Å². The number of hydrogen-bond donors (Lipinski definition) is 1. The summed E-state index contributed by atoms with van der Waals surface area (Å²) in [4.78, 5) is 37.3. The van der Waals surface area contributed by atoms with E-state index in [1.54, 1.807) is 43.3 Å². The van der Waals surface area contributed by atoms with E-state index in [2.05, 4.69) is 9.97 Å². The molecule has 9 heteroatoms. The number of carbonyl (C=O) groups is 2. The third-order valence-corrected chi connectivity index (χ3v) is 6.95. The maximum absolute atomic E-state index is 13.4. The van der Waals surface area contributed by atoms with E-state index in [1.165, 1.54) is 0 Å². The molecule has 8 nitrogen and oxygen atoms in total. The largest absolute Gasteiger partial charge is 0.493 e. The number of carboxylic acids is 1. The minimum absolute atomic E-state index is 0.173. The Hall–Kier alpha value is -4.43. The zero-order valence-corrected chi connectivity index (χ0v) is 22.6. The highest BCUT2D eigenvalue weighted by Crippen LogP contribution is 2.38. The summed E-state index contributed by atoms with van der Waals surface area (Å²) in [6.07, 6.45) is 3.95. The lowest BCUT2D eigenvalue weighted by Crippen LogP contribution is -2.25. The highest BCUT2D eigenvalue weighted by atomic mass is 35.5. The fourth-order valence-electron chi connectivity index (χ4n) is 4.70. The molecule has 3 heterocycles. The quantitative estimate of drug-likeness (QED) is 0.221. The van der Waals surface area contributed by atoms with Crippen LogP contribution in [0.25, 0.3) is 16.8 Å². The lowest BCUT2D eigenvalue weighted by Gasteiger charge is -2.23. The van der Waals surface area contributed by atoms with Crippen LogP contribution in [0.2, 0.25) is 5.15 Å². The van der Waals surface area contributed by atoms with Crippen molar-refractivity contribution in [2.45, 2.75) is 20.3 Å². The fourth-order valence-corrected chi connectivity index (χ4v) is 4.84. The van der Waals surface area contributed by atoms with Crippen molar-refractivity contribution in [2.24, 2.45) is 0 Å². The maximum atomic E-state index is 13.4. The number of pyridine rings is 2. The number of nitrogens with zero attached hydrogens (tertiary/aromatic N) is 4. The van der Waals surface area contributed by atoms with Crippen molar-refractivity contribution >= 4 is 57.6 Å². The number of carbonyl (C=O) groups excluding carboxylic acids is 1. The number of halogens is 1. The summed E-state index contributed by atoms with van der Waals surface area (Å²) in [5.74, 6) is 0.702. The summed E-state index contributed by atoms with van der Waals surface area (Å²) >= 11 is 6.17. The van der Waals surface area contributed by atoms with Crippen molar-refractivity contribution < 1.29 is 19.4 Å². The van der Waals surface area contributed by atoms with Crippen LogP contribution < -0.4 is 14.5 Å². The number of rotatable bonds is 7. The first-order chi connectivity index (χ1) is 18.8. The predicted octanol–water partition coefficient (Wildman–Crippen LogP) is 6.14. The summed E-state index contributed by atoms with van der Waals surface area (Å²) in [5.41, 5.74) is 3.09. The van der Waals surface area contributed by atoms with Gasteiger partial charge >= 0.3 is 5.97 Å². The van der Waals surface area contributed by atoms with E-state index < -0.39 is 5.97 Å². The van der Waals surface area contributed by atoms with Crippen molar-refractivity contribution in [3.63, 3.8) is 0 Å². The molecule has 0 unspecified atom stereocenters. The summed E-state index contributed by atoms with van der Waals surface area (Å²) in [7, 11) is 1.72. The number of benzene rings is 2. The highest BCUT2D eigenvalue weighted by molar-refractivity contribution is 6.29. The van der Waals surface area contributed by atoms with E-state index in [9.17, 15) is 14.7 Å². The lowest BCUT2D eigenvalue weighted by atomic mass is 10.0. The van der Waals surface area contributed by atoms with Gasteiger partial charge in [-0.2, -0.15) is 0 Å². The highest BCUT2D eigenvalue weighted by Gasteiger charge is 2.31. The molecule has 0 aliphatic carbocycles. The maximum Gasteiger partial charge on any atom is 0.331 e. The molecule has 198 valence electrons. The number of ether oxygens (including phenoxy) is 1. The third-order valence-electron chi connectivity index (χ3n) is 6.74. The number of aromatic nitrogens is 2. The van der Waals surface area contributed by atoms with E-state index in [4.69, 9.17) is 16.3 Å². The SMILES string of the molecule is CCN1c2ncc(CCOc3ccc(/C=C(\C)C(=O)O)c4ccccc34)cc2C(=O)N(C)c2ccc(Cl)nc21. The van der Waals surface area contributed by atoms with E-state index in [1.807, 2.05) is 54.3 Å². The molecular formula is C30H27ClN4O4. The monoisotopic (exact) mass is 542 g/mol. The van der Waals surface area contributed by atoms with Crippen LogP contribution in [-0.4, -0.2) is 47.2 Å². The molecule has 2 aromatic carbocycles. The molecule has 2 aromatic heterocycles. The van der Waals surface area contributed by atoms with Crippen LogP contribution in [0.15, 0.2) is 66.4 Å². The Labute approximate surface area is 231 Å². The number of fused-ring (bicyclic) bond motifs is 3. The predicted molar refractivity (Wildman–Crippen MR) is 153 cm³/mol. The summed E-state index contributed by atoms with van der Waals surface area (Å²) < 4.78 is 6.16. The first-order valence-electron chi connectivity index (χ1n) is 12.6. The average Bonchev–Trinajstić information content (AvgIpc) is 3.02. The van der Waals surface area contributed by atoms with Crippen molar-refractivity contribution in [3.05, 3.63) is 88.2 Å². The van der Waals surface area contributed by atoms with Crippen LogP contribution in [0.4, 0.5) is 17.3 Å². The molecule has 39 heavy (non-hydrogen) atoms. The molecule has 1 aliphatic heterocycles. The van der Waals surface area contributed by atoms with Gasteiger partial charge in [0.15, 0.2) is 5.82 Å². The molecule has 0 spiro atoms. The van der Waals surface area contributed by atoms with Gasteiger partial charge in [-0.1, -0.05) is 41.9 Å². The van der Waals surface area contributed by atoms with Gasteiger partial charge in [0.25, 0.3) is 5.91 Å². The summed E-state index contributed by atoms with van der Waals surface area (Å²) in [5, 5.41) is 11.4. The second kappa shape index (κ2) is 10.7. The number of anilines is 3. The smallest absolute Gasteiger partial charge is 0.331 e. The molecule has 4 aromatic rings. The Morgan fingerprint density at radius 1 is 1.10 bits per heavy atom. The van der Waals surface area contributed by atoms with E-state index in [0.29, 0.717) is 53.4 Å². The molecule has 1 amide bonds. The van der Waals surface area contributed by atoms with Crippen LogP contribution in [0.3, 0.4) is 0 Å². The first kappa shape index (κ1) is 26.2. The summed E-state index contributed by atoms with van der Waals surface area (Å²) in [6, 6.07) is 16.8. The van der Waals surface area contributed by atoms with E-state index in [0.717, 1.165) is 21.9 Å². The summed E-state index contributed by atoms with van der Waals surface area (Å²) in [6.45, 7) is 4.48. The Balaban J connectivity index is 1.39. The zero-order valence-electron chi connectivity index (χ0n) is 21.8. The molecule has 0 bridgehead atoms. The molecule has 0 radical (unpaired) electrons. The lowest BCUT2D eigenvalue weighted by molar-refractivity contribution is -0.132. The normalized spacial score (nSPS) is 13.2. The molecule has 0 saturated carbocycles.